The van der Waals surface area contributed by atoms with Crippen LogP contribution in [0.2, 0.25) is 0 Å². The third-order valence-electron chi connectivity index (χ3n) is 1.67. The standard InChI is InChI=1S/C9H8F3NO3/c10-8-6(2-4-15-5-14)13-3-1-7(8)16-9(11)12/h1,3,5,9H,2,4H2. The van der Waals surface area contributed by atoms with Crippen LogP contribution in [0.15, 0.2) is 12.3 Å². The van der Waals surface area contributed by atoms with Gasteiger partial charge in [-0.15, -0.1) is 0 Å². The molecule has 0 unspecified atom stereocenters. The van der Waals surface area contributed by atoms with Crippen molar-refractivity contribution in [2.75, 3.05) is 6.61 Å². The van der Waals surface area contributed by atoms with Crippen LogP contribution in [0.25, 0.3) is 0 Å². The fraction of sp³-hybridized carbons (Fsp3) is 0.333. The van der Waals surface area contributed by atoms with E-state index in [0.29, 0.717) is 0 Å². The van der Waals surface area contributed by atoms with E-state index < -0.39 is 18.2 Å². The zero-order valence-corrected chi connectivity index (χ0v) is 8.03. The summed E-state index contributed by atoms with van der Waals surface area (Å²) in [5.41, 5.74) is -0.0972. The van der Waals surface area contributed by atoms with Crippen LogP contribution in [-0.2, 0) is 16.0 Å². The number of alkyl halides is 2. The molecular formula is C9H8F3NO3. The highest BCUT2D eigenvalue weighted by Gasteiger charge is 2.14. The lowest BCUT2D eigenvalue weighted by atomic mass is 10.2. The van der Waals surface area contributed by atoms with Crippen LogP contribution < -0.4 is 4.74 Å². The van der Waals surface area contributed by atoms with Gasteiger partial charge in [0.1, 0.15) is 0 Å². The molecule has 4 nitrogen and oxygen atoms in total. The van der Waals surface area contributed by atoms with Gasteiger partial charge in [0, 0.05) is 18.7 Å². The minimum Gasteiger partial charge on any atom is -0.467 e. The molecule has 1 heterocycles. The van der Waals surface area contributed by atoms with Crippen molar-refractivity contribution >= 4 is 6.47 Å². The topological polar surface area (TPSA) is 48.4 Å². The molecule has 0 saturated heterocycles. The molecule has 16 heavy (non-hydrogen) atoms. The molecular weight excluding hydrogens is 227 g/mol. The lowest BCUT2D eigenvalue weighted by Crippen LogP contribution is -2.07. The number of rotatable bonds is 6. The van der Waals surface area contributed by atoms with Crippen molar-refractivity contribution in [3.8, 4) is 5.75 Å². The number of aromatic nitrogens is 1. The summed E-state index contributed by atoms with van der Waals surface area (Å²) in [6.45, 7) is -2.97. The van der Waals surface area contributed by atoms with Crippen molar-refractivity contribution in [1.82, 2.24) is 4.98 Å². The van der Waals surface area contributed by atoms with E-state index in [4.69, 9.17) is 0 Å². The van der Waals surface area contributed by atoms with Crippen molar-refractivity contribution < 1.29 is 27.4 Å². The molecule has 0 radical (unpaired) electrons. The molecule has 0 N–H and O–H groups in total. The van der Waals surface area contributed by atoms with E-state index in [2.05, 4.69) is 14.5 Å². The second-order valence-electron chi connectivity index (χ2n) is 2.67. The van der Waals surface area contributed by atoms with Crippen molar-refractivity contribution in [3.05, 3.63) is 23.8 Å². The van der Waals surface area contributed by atoms with Gasteiger partial charge in [0.05, 0.1) is 12.3 Å². The first-order chi connectivity index (χ1) is 7.65. The van der Waals surface area contributed by atoms with Gasteiger partial charge in [0.25, 0.3) is 6.47 Å². The second-order valence-corrected chi connectivity index (χ2v) is 2.67. The molecule has 7 heteroatoms. The van der Waals surface area contributed by atoms with Gasteiger partial charge >= 0.3 is 6.61 Å². The fourth-order valence-corrected chi connectivity index (χ4v) is 1.03. The van der Waals surface area contributed by atoms with Crippen LogP contribution in [0, 0.1) is 5.82 Å². The van der Waals surface area contributed by atoms with Gasteiger partial charge in [0.2, 0.25) is 0 Å². The molecule has 1 rings (SSSR count). The summed E-state index contributed by atoms with van der Waals surface area (Å²) >= 11 is 0. The Hall–Kier alpha value is -1.79. The Morgan fingerprint density at radius 1 is 1.50 bits per heavy atom. The normalized spacial score (nSPS) is 10.2. The van der Waals surface area contributed by atoms with Crippen LogP contribution >= 0.6 is 0 Å². The number of ether oxygens (including phenoxy) is 2. The van der Waals surface area contributed by atoms with Crippen molar-refractivity contribution in [3.63, 3.8) is 0 Å². The fourth-order valence-electron chi connectivity index (χ4n) is 1.03. The van der Waals surface area contributed by atoms with Crippen molar-refractivity contribution in [2.24, 2.45) is 0 Å². The quantitative estimate of drug-likeness (QED) is 0.554. The van der Waals surface area contributed by atoms with Crippen molar-refractivity contribution in [2.45, 2.75) is 13.0 Å². The molecule has 0 aromatic carbocycles. The molecule has 0 aliphatic heterocycles. The predicted molar refractivity (Wildman–Crippen MR) is 46.5 cm³/mol. The SMILES string of the molecule is O=COCCc1nccc(OC(F)F)c1F. The number of nitrogens with zero attached hydrogens (tertiary/aromatic N) is 1. The monoisotopic (exact) mass is 235 g/mol. The Bertz CT molecular complexity index is 360. The molecule has 0 fully saturated rings. The van der Waals surface area contributed by atoms with Gasteiger partial charge in [0.15, 0.2) is 11.6 Å². The van der Waals surface area contributed by atoms with Gasteiger partial charge in [-0.3, -0.25) is 9.78 Å². The zero-order valence-electron chi connectivity index (χ0n) is 8.03. The van der Waals surface area contributed by atoms with Crippen molar-refractivity contribution in [1.29, 1.82) is 0 Å². The molecule has 0 bridgehead atoms. The summed E-state index contributed by atoms with van der Waals surface area (Å²) in [6.07, 6.45) is 1.13. The maximum Gasteiger partial charge on any atom is 0.387 e. The summed E-state index contributed by atoms with van der Waals surface area (Å²) in [5.74, 6) is -1.55. The van der Waals surface area contributed by atoms with Gasteiger partial charge in [-0.1, -0.05) is 0 Å². The molecule has 88 valence electrons. The number of carbonyl (C=O) groups excluding carboxylic acids is 1. The van der Waals surface area contributed by atoms with E-state index >= 15 is 0 Å². The first-order valence-corrected chi connectivity index (χ1v) is 4.28. The lowest BCUT2D eigenvalue weighted by molar-refractivity contribution is -0.128. The first kappa shape index (κ1) is 12.3. The van der Waals surface area contributed by atoms with Gasteiger partial charge < -0.3 is 9.47 Å². The third-order valence-corrected chi connectivity index (χ3v) is 1.67. The number of pyridine rings is 1. The van der Waals surface area contributed by atoms with Gasteiger partial charge in [-0.25, -0.2) is 4.39 Å². The van der Waals surface area contributed by atoms with E-state index in [1.54, 1.807) is 0 Å². The minimum absolute atomic E-state index is 0.00892. The van der Waals surface area contributed by atoms with Crippen LogP contribution in [0.1, 0.15) is 5.69 Å². The molecule has 0 aliphatic rings. The number of carbonyl (C=O) groups is 1. The molecule has 0 spiro atoms. The Kier molecular flexibility index (Phi) is 4.56. The van der Waals surface area contributed by atoms with E-state index in [0.717, 1.165) is 12.3 Å². The lowest BCUT2D eigenvalue weighted by Gasteiger charge is -2.07. The summed E-state index contributed by atoms with van der Waals surface area (Å²) in [6, 6.07) is 0.992. The summed E-state index contributed by atoms with van der Waals surface area (Å²) in [7, 11) is 0. The predicted octanol–water partition coefficient (Wildman–Crippen LogP) is 1.54. The van der Waals surface area contributed by atoms with Crippen LogP contribution in [-0.4, -0.2) is 24.7 Å². The van der Waals surface area contributed by atoms with Gasteiger partial charge in [-0.05, 0) is 0 Å². The molecule has 0 amide bonds. The largest absolute Gasteiger partial charge is 0.467 e. The first-order valence-electron chi connectivity index (χ1n) is 4.28. The molecule has 0 atom stereocenters. The van der Waals surface area contributed by atoms with E-state index in [1.807, 2.05) is 0 Å². The molecule has 1 aromatic heterocycles. The maximum absolute atomic E-state index is 13.4. The summed E-state index contributed by atoms with van der Waals surface area (Å²) in [4.78, 5) is 13.5. The molecule has 0 saturated carbocycles. The second kappa shape index (κ2) is 5.94. The Labute approximate surface area is 89.0 Å². The van der Waals surface area contributed by atoms with E-state index in [9.17, 15) is 18.0 Å². The highest BCUT2D eigenvalue weighted by atomic mass is 19.3. The number of halogens is 3. The van der Waals surface area contributed by atoms with Gasteiger partial charge in [-0.2, -0.15) is 8.78 Å². The summed E-state index contributed by atoms with van der Waals surface area (Å²) in [5, 5.41) is 0. The highest BCUT2D eigenvalue weighted by molar-refractivity contribution is 5.37. The van der Waals surface area contributed by atoms with E-state index in [1.165, 1.54) is 0 Å². The highest BCUT2D eigenvalue weighted by Crippen LogP contribution is 2.20. The summed E-state index contributed by atoms with van der Waals surface area (Å²) < 4.78 is 45.4. The smallest absolute Gasteiger partial charge is 0.387 e. The van der Waals surface area contributed by atoms with Crippen LogP contribution in [0.3, 0.4) is 0 Å². The molecule has 0 aliphatic carbocycles. The Balaban J connectivity index is 2.73. The van der Waals surface area contributed by atoms with E-state index in [-0.39, 0.29) is 25.2 Å². The Morgan fingerprint density at radius 3 is 2.88 bits per heavy atom. The number of hydrogen-bond acceptors (Lipinski definition) is 4. The van der Waals surface area contributed by atoms with Crippen LogP contribution in [0.4, 0.5) is 13.2 Å². The number of hydrogen-bond donors (Lipinski definition) is 0. The third kappa shape index (κ3) is 3.41. The molecule has 1 aromatic rings. The van der Waals surface area contributed by atoms with Crippen LogP contribution in [0.5, 0.6) is 5.75 Å². The Morgan fingerprint density at radius 2 is 2.25 bits per heavy atom. The zero-order chi connectivity index (χ0) is 12.0. The average Bonchev–Trinajstić information content (AvgIpc) is 2.23. The average molecular weight is 235 g/mol. The maximum atomic E-state index is 13.4. The minimum atomic E-state index is -3.10.